The summed E-state index contributed by atoms with van der Waals surface area (Å²) in [7, 11) is 0. The molecule has 4 rings (SSSR count). The summed E-state index contributed by atoms with van der Waals surface area (Å²) in [6.45, 7) is 6.61. The van der Waals surface area contributed by atoms with E-state index in [-0.39, 0.29) is 5.41 Å². The van der Waals surface area contributed by atoms with E-state index in [1.165, 1.54) is 11.1 Å². The quantitative estimate of drug-likeness (QED) is 0.202. The fourth-order valence-electron chi connectivity index (χ4n) is 4.99. The molecule has 1 aliphatic rings. The largest absolute Gasteiger partial charge is 0.481 e. The van der Waals surface area contributed by atoms with Gasteiger partial charge in [-0.25, -0.2) is 9.59 Å². The number of aromatic nitrogens is 1. The normalized spacial score (nSPS) is 17.2. The highest BCUT2D eigenvalue weighted by Gasteiger charge is 2.41. The lowest BCUT2D eigenvalue weighted by Gasteiger charge is -2.29. The highest BCUT2D eigenvalue weighted by molar-refractivity contribution is 5.88. The summed E-state index contributed by atoms with van der Waals surface area (Å²) in [4.78, 5) is 47.0. The molecule has 0 saturated carbocycles. The fraction of sp³-hybridized carbons (Fsp3) is 0.448. The van der Waals surface area contributed by atoms with Crippen LogP contribution in [0, 0.1) is 5.41 Å². The summed E-state index contributed by atoms with van der Waals surface area (Å²) in [6, 6.07) is 16.7. The van der Waals surface area contributed by atoms with Crippen molar-refractivity contribution in [3.8, 4) is 0 Å². The van der Waals surface area contributed by atoms with Crippen LogP contribution >= 0.6 is 0 Å². The van der Waals surface area contributed by atoms with Crippen LogP contribution < -0.4 is 5.76 Å². The van der Waals surface area contributed by atoms with Crippen LogP contribution in [0.15, 0.2) is 57.7 Å². The van der Waals surface area contributed by atoms with Gasteiger partial charge in [0.2, 0.25) is 0 Å². The molecule has 5 N–H and O–H groups in total. The van der Waals surface area contributed by atoms with E-state index in [9.17, 15) is 19.2 Å². The number of likely N-dealkylation sites (tertiary alicyclic amines) is 1. The third kappa shape index (κ3) is 9.27. The Morgan fingerprint density at radius 3 is 2.34 bits per heavy atom. The topological polar surface area (TPSA) is 191 Å². The maximum absolute atomic E-state index is 11.4. The Morgan fingerprint density at radius 1 is 1.05 bits per heavy atom. The number of carboxylic acids is 3. The van der Waals surface area contributed by atoms with Crippen molar-refractivity contribution in [1.82, 2.24) is 9.88 Å². The van der Waals surface area contributed by atoms with Crippen molar-refractivity contribution in [1.29, 1.82) is 0 Å². The third-order valence-electron chi connectivity index (χ3n) is 7.09. The van der Waals surface area contributed by atoms with E-state index < -0.39 is 42.1 Å². The Hall–Kier alpha value is -4.00. The van der Waals surface area contributed by atoms with Gasteiger partial charge in [-0.2, -0.15) is 0 Å². The van der Waals surface area contributed by atoms with E-state index in [4.69, 9.17) is 29.6 Å². The van der Waals surface area contributed by atoms with Crippen molar-refractivity contribution in [2.24, 2.45) is 5.41 Å². The molecule has 3 aromatic rings. The SMILES string of the molecule is CCOC[C@]1(CCc2ccccc2)CCN(Cc2ccc3[nH]c(=O)oc3c2)C1.O=C(O)CC(O)(CC(=O)O)C(=O)O. The Morgan fingerprint density at radius 2 is 1.73 bits per heavy atom. The second-order valence-electron chi connectivity index (χ2n) is 10.4. The number of nitrogens with one attached hydrogen (secondary N) is 1. The van der Waals surface area contributed by atoms with E-state index in [0.29, 0.717) is 5.58 Å². The number of H-pyrrole nitrogens is 1. The molecule has 2 heterocycles. The number of aliphatic carboxylic acids is 3. The summed E-state index contributed by atoms with van der Waals surface area (Å²) >= 11 is 0. The van der Waals surface area contributed by atoms with Crippen LogP contribution in [0.5, 0.6) is 0 Å². The second kappa shape index (κ2) is 14.1. The molecule has 1 fully saturated rings. The number of aliphatic hydroxyl groups is 1. The summed E-state index contributed by atoms with van der Waals surface area (Å²) in [5, 5.41) is 33.8. The van der Waals surface area contributed by atoms with E-state index >= 15 is 0 Å². The van der Waals surface area contributed by atoms with E-state index in [1.807, 2.05) is 12.1 Å². The Balaban J connectivity index is 0.000000302. The molecule has 222 valence electrons. The van der Waals surface area contributed by atoms with Crippen molar-refractivity contribution in [2.45, 2.75) is 51.2 Å². The molecule has 0 bridgehead atoms. The lowest BCUT2D eigenvalue weighted by molar-refractivity contribution is -0.170. The average molecular weight is 573 g/mol. The van der Waals surface area contributed by atoms with Gasteiger partial charge in [0.05, 0.1) is 25.0 Å². The zero-order chi connectivity index (χ0) is 30.0. The second-order valence-corrected chi connectivity index (χ2v) is 10.4. The molecule has 1 atom stereocenters. The number of ether oxygens (including phenoxy) is 1. The van der Waals surface area contributed by atoms with Crippen LogP contribution in [0.3, 0.4) is 0 Å². The molecule has 0 aliphatic carbocycles. The number of hydrogen-bond acceptors (Lipinski definition) is 8. The molecule has 1 aliphatic heterocycles. The van der Waals surface area contributed by atoms with Crippen LogP contribution in [0.1, 0.15) is 43.7 Å². The molecule has 1 aromatic heterocycles. The lowest BCUT2D eigenvalue weighted by atomic mass is 9.82. The predicted octanol–water partition coefficient (Wildman–Crippen LogP) is 2.73. The van der Waals surface area contributed by atoms with Gasteiger partial charge in [-0.05, 0) is 56.0 Å². The first kappa shape index (κ1) is 31.5. The highest BCUT2D eigenvalue weighted by atomic mass is 16.5. The summed E-state index contributed by atoms with van der Waals surface area (Å²) in [5.41, 5.74) is 1.42. The smallest absolute Gasteiger partial charge is 0.417 e. The molecule has 41 heavy (non-hydrogen) atoms. The minimum atomic E-state index is -2.74. The van der Waals surface area contributed by atoms with Crippen LogP contribution in [-0.4, -0.2) is 80.1 Å². The molecule has 12 heteroatoms. The number of carboxylic acid groups (broad SMARTS) is 3. The molecule has 0 unspecified atom stereocenters. The number of aromatic amines is 1. The minimum absolute atomic E-state index is 0.205. The molecule has 0 amide bonds. The first-order chi connectivity index (χ1) is 19.4. The maximum Gasteiger partial charge on any atom is 0.417 e. The van der Waals surface area contributed by atoms with Crippen molar-refractivity contribution < 1.29 is 44.0 Å². The molecule has 2 aromatic carbocycles. The molecule has 0 spiro atoms. The number of rotatable bonds is 13. The number of aryl methyl sites for hydroxylation is 1. The Kier molecular flexibility index (Phi) is 10.8. The summed E-state index contributed by atoms with van der Waals surface area (Å²) in [5.74, 6) is -5.42. The van der Waals surface area contributed by atoms with Gasteiger partial charge in [0.1, 0.15) is 0 Å². The zero-order valence-corrected chi connectivity index (χ0v) is 22.9. The minimum Gasteiger partial charge on any atom is -0.481 e. The first-order valence-electron chi connectivity index (χ1n) is 13.3. The van der Waals surface area contributed by atoms with E-state index in [0.717, 1.165) is 57.6 Å². The fourth-order valence-corrected chi connectivity index (χ4v) is 4.99. The Bertz CT molecular complexity index is 1370. The number of oxazole rings is 1. The third-order valence-corrected chi connectivity index (χ3v) is 7.09. The summed E-state index contributed by atoms with van der Waals surface area (Å²) < 4.78 is 11.1. The monoisotopic (exact) mass is 572 g/mol. The number of fused-ring (bicyclic) bond motifs is 1. The summed E-state index contributed by atoms with van der Waals surface area (Å²) in [6.07, 6.45) is 1.09. The van der Waals surface area contributed by atoms with Crippen LogP contribution in [0.25, 0.3) is 11.1 Å². The lowest BCUT2D eigenvalue weighted by Crippen LogP contribution is -2.42. The van der Waals surface area contributed by atoms with Crippen molar-refractivity contribution in [3.63, 3.8) is 0 Å². The number of benzene rings is 2. The maximum atomic E-state index is 11.4. The van der Waals surface area contributed by atoms with Gasteiger partial charge in [-0.1, -0.05) is 36.4 Å². The van der Waals surface area contributed by atoms with Crippen molar-refractivity contribution in [2.75, 3.05) is 26.3 Å². The van der Waals surface area contributed by atoms with Gasteiger partial charge in [-0.3, -0.25) is 19.5 Å². The van der Waals surface area contributed by atoms with Gasteiger partial charge in [0.25, 0.3) is 0 Å². The van der Waals surface area contributed by atoms with Crippen molar-refractivity contribution >= 4 is 29.0 Å². The van der Waals surface area contributed by atoms with Gasteiger partial charge in [0.15, 0.2) is 11.2 Å². The van der Waals surface area contributed by atoms with E-state index in [2.05, 4.69) is 53.2 Å². The standard InChI is InChI=1S/C23H28N2O3.C6H8O7/c1-2-27-17-23(11-10-18-6-4-3-5-7-18)12-13-25(16-23)15-19-8-9-20-21(14-19)28-22(26)24-20;7-3(8)1-6(13,5(11)12)2-4(9)10/h3-9,14H,2,10-13,15-17H2,1H3,(H,24,26);13H,1-2H2,(H,7,8)(H,9,10)(H,11,12)/t23-;/m1./s1. The molecular weight excluding hydrogens is 536 g/mol. The highest BCUT2D eigenvalue weighted by Crippen LogP contribution is 2.36. The van der Waals surface area contributed by atoms with Crippen LogP contribution in [0.2, 0.25) is 0 Å². The van der Waals surface area contributed by atoms with Gasteiger partial charge in [-0.15, -0.1) is 0 Å². The van der Waals surface area contributed by atoms with Crippen molar-refractivity contribution in [3.05, 3.63) is 70.2 Å². The van der Waals surface area contributed by atoms with Gasteiger partial charge >= 0.3 is 23.7 Å². The van der Waals surface area contributed by atoms with E-state index in [1.54, 1.807) is 0 Å². The molecule has 0 radical (unpaired) electrons. The molecular formula is C29H36N2O10. The number of nitrogens with zero attached hydrogens (tertiary/aromatic N) is 1. The molecule has 12 nitrogen and oxygen atoms in total. The first-order valence-corrected chi connectivity index (χ1v) is 13.3. The predicted molar refractivity (Wildman–Crippen MR) is 148 cm³/mol. The average Bonchev–Trinajstić information content (AvgIpc) is 3.48. The number of carbonyl (C=O) groups is 3. The molecule has 1 saturated heterocycles. The van der Waals surface area contributed by atoms with Gasteiger partial charge < -0.3 is 29.6 Å². The zero-order valence-electron chi connectivity index (χ0n) is 22.9. The Labute approximate surface area is 236 Å². The van der Waals surface area contributed by atoms with Gasteiger partial charge in [0, 0.05) is 25.1 Å². The van der Waals surface area contributed by atoms with Crippen LogP contribution in [-0.2, 0) is 32.1 Å². The van der Waals surface area contributed by atoms with Crippen LogP contribution in [0.4, 0.5) is 0 Å². The number of hydrogen-bond donors (Lipinski definition) is 5.